The molecule has 0 bridgehead atoms. The summed E-state index contributed by atoms with van der Waals surface area (Å²) in [6.45, 7) is 4.63. The van der Waals surface area contributed by atoms with Gasteiger partial charge in [0, 0.05) is 12.6 Å². The minimum Gasteiger partial charge on any atom is -0.480 e. The molecule has 2 amide bonds. The number of hydrogen-bond donors (Lipinski definition) is 2. The molecule has 1 unspecified atom stereocenters. The highest BCUT2D eigenvalue weighted by Crippen LogP contribution is 2.27. The lowest BCUT2D eigenvalue weighted by atomic mass is 10.2. The predicted octanol–water partition coefficient (Wildman–Crippen LogP) is 1.82. The molecule has 5 nitrogen and oxygen atoms in total. The van der Waals surface area contributed by atoms with E-state index in [2.05, 4.69) is 5.32 Å². The number of aliphatic carboxylic acids is 1. The first-order chi connectivity index (χ1) is 8.10. The molecule has 17 heavy (non-hydrogen) atoms. The summed E-state index contributed by atoms with van der Waals surface area (Å²) in [7, 11) is 0. The fourth-order valence-corrected chi connectivity index (χ4v) is 1.86. The van der Waals surface area contributed by atoms with E-state index in [1.165, 1.54) is 0 Å². The van der Waals surface area contributed by atoms with Gasteiger partial charge in [-0.1, -0.05) is 20.3 Å². The number of carboxylic acids is 1. The smallest absolute Gasteiger partial charge is 0.326 e. The molecule has 0 heterocycles. The first-order valence-corrected chi connectivity index (χ1v) is 6.40. The van der Waals surface area contributed by atoms with Crippen LogP contribution in [0.3, 0.4) is 0 Å². The maximum absolute atomic E-state index is 12.0. The van der Waals surface area contributed by atoms with Crippen molar-refractivity contribution >= 4 is 12.0 Å². The highest BCUT2D eigenvalue weighted by molar-refractivity contribution is 5.82. The normalized spacial score (nSPS) is 16.4. The van der Waals surface area contributed by atoms with E-state index in [1.54, 1.807) is 4.90 Å². The molecule has 0 aromatic heterocycles. The Morgan fingerprint density at radius 2 is 2.00 bits per heavy atom. The molecular weight excluding hydrogens is 220 g/mol. The molecule has 0 aliphatic heterocycles. The van der Waals surface area contributed by atoms with Gasteiger partial charge in [-0.15, -0.1) is 0 Å². The van der Waals surface area contributed by atoms with Crippen LogP contribution in [0.5, 0.6) is 0 Å². The van der Waals surface area contributed by atoms with Gasteiger partial charge in [0.2, 0.25) is 0 Å². The zero-order chi connectivity index (χ0) is 12.8. The van der Waals surface area contributed by atoms with Crippen LogP contribution < -0.4 is 5.32 Å². The molecule has 1 rings (SSSR count). The highest BCUT2D eigenvalue weighted by atomic mass is 16.4. The minimum absolute atomic E-state index is 0.227. The van der Waals surface area contributed by atoms with Gasteiger partial charge in [0.25, 0.3) is 0 Å². The van der Waals surface area contributed by atoms with Crippen molar-refractivity contribution in [3.05, 3.63) is 0 Å². The van der Waals surface area contributed by atoms with Gasteiger partial charge >= 0.3 is 12.0 Å². The maximum atomic E-state index is 12.0. The number of carbonyl (C=O) groups excluding carboxylic acids is 1. The summed E-state index contributed by atoms with van der Waals surface area (Å²) in [6.07, 6.45) is 4.20. The van der Waals surface area contributed by atoms with Crippen LogP contribution in [0.15, 0.2) is 0 Å². The van der Waals surface area contributed by atoms with Crippen molar-refractivity contribution in [2.45, 2.75) is 58.0 Å². The van der Waals surface area contributed by atoms with E-state index in [0.29, 0.717) is 19.0 Å². The SMILES string of the molecule is CCCC(NC(=O)N(CCC)C1CC1)C(=O)O. The third-order valence-corrected chi connectivity index (χ3v) is 2.89. The van der Waals surface area contributed by atoms with Crippen LogP contribution >= 0.6 is 0 Å². The average Bonchev–Trinajstić information content (AvgIpc) is 3.08. The Labute approximate surface area is 102 Å². The number of nitrogens with one attached hydrogen (secondary N) is 1. The summed E-state index contributed by atoms with van der Waals surface area (Å²) >= 11 is 0. The van der Waals surface area contributed by atoms with Crippen molar-refractivity contribution < 1.29 is 14.7 Å². The lowest BCUT2D eigenvalue weighted by Gasteiger charge is -2.24. The molecule has 2 N–H and O–H groups in total. The Morgan fingerprint density at radius 1 is 1.35 bits per heavy atom. The summed E-state index contributed by atoms with van der Waals surface area (Å²) in [4.78, 5) is 24.7. The van der Waals surface area contributed by atoms with E-state index in [1.807, 2.05) is 13.8 Å². The Morgan fingerprint density at radius 3 is 2.41 bits per heavy atom. The van der Waals surface area contributed by atoms with Gasteiger partial charge in [-0.2, -0.15) is 0 Å². The Balaban J connectivity index is 2.51. The van der Waals surface area contributed by atoms with Gasteiger partial charge in [0.15, 0.2) is 0 Å². The van der Waals surface area contributed by atoms with E-state index < -0.39 is 12.0 Å². The number of amides is 2. The highest BCUT2D eigenvalue weighted by Gasteiger charge is 2.33. The second kappa shape index (κ2) is 6.47. The van der Waals surface area contributed by atoms with Gasteiger partial charge in [-0.25, -0.2) is 9.59 Å². The third kappa shape index (κ3) is 4.24. The summed E-state index contributed by atoms with van der Waals surface area (Å²) < 4.78 is 0. The zero-order valence-corrected chi connectivity index (χ0v) is 10.6. The largest absolute Gasteiger partial charge is 0.480 e. The molecule has 0 saturated heterocycles. The molecule has 0 aromatic rings. The van der Waals surface area contributed by atoms with Crippen molar-refractivity contribution in [1.29, 1.82) is 0 Å². The number of hydrogen-bond acceptors (Lipinski definition) is 2. The zero-order valence-electron chi connectivity index (χ0n) is 10.6. The monoisotopic (exact) mass is 242 g/mol. The van der Waals surface area contributed by atoms with Gasteiger partial charge in [-0.3, -0.25) is 0 Å². The van der Waals surface area contributed by atoms with E-state index in [0.717, 1.165) is 25.7 Å². The van der Waals surface area contributed by atoms with Gasteiger partial charge in [0.1, 0.15) is 6.04 Å². The van der Waals surface area contributed by atoms with Gasteiger partial charge < -0.3 is 15.3 Å². The Bertz CT molecular complexity index is 277. The maximum Gasteiger partial charge on any atom is 0.326 e. The molecule has 1 aliphatic carbocycles. The van der Waals surface area contributed by atoms with Crippen molar-refractivity contribution in [2.75, 3.05) is 6.54 Å². The fourth-order valence-electron chi connectivity index (χ4n) is 1.86. The van der Waals surface area contributed by atoms with Crippen LogP contribution in [0.2, 0.25) is 0 Å². The van der Waals surface area contributed by atoms with Crippen LogP contribution in [-0.4, -0.2) is 40.6 Å². The summed E-state index contributed by atoms with van der Waals surface area (Å²) in [5.41, 5.74) is 0. The summed E-state index contributed by atoms with van der Waals surface area (Å²) in [5.74, 6) is -0.951. The number of urea groups is 1. The summed E-state index contributed by atoms with van der Waals surface area (Å²) in [6, 6.07) is -0.660. The van der Waals surface area contributed by atoms with E-state index >= 15 is 0 Å². The standard InChI is InChI=1S/C12H22N2O3/c1-3-5-10(11(15)16)13-12(17)14(8-4-2)9-6-7-9/h9-10H,3-8H2,1-2H3,(H,13,17)(H,15,16). The summed E-state index contributed by atoms with van der Waals surface area (Å²) in [5, 5.41) is 11.6. The topological polar surface area (TPSA) is 69.6 Å². The van der Waals surface area contributed by atoms with Crippen LogP contribution in [0.25, 0.3) is 0 Å². The molecule has 0 aromatic carbocycles. The average molecular weight is 242 g/mol. The van der Waals surface area contributed by atoms with Crippen LogP contribution in [0.1, 0.15) is 46.0 Å². The Kier molecular flexibility index (Phi) is 5.25. The molecule has 98 valence electrons. The molecule has 1 fully saturated rings. The second-order valence-corrected chi connectivity index (χ2v) is 4.55. The van der Waals surface area contributed by atoms with E-state index in [9.17, 15) is 9.59 Å². The second-order valence-electron chi connectivity index (χ2n) is 4.55. The van der Waals surface area contributed by atoms with Crippen molar-refractivity contribution in [2.24, 2.45) is 0 Å². The van der Waals surface area contributed by atoms with Crippen molar-refractivity contribution in [3.8, 4) is 0 Å². The minimum atomic E-state index is -0.951. The first kappa shape index (κ1) is 13.8. The molecule has 1 atom stereocenters. The van der Waals surface area contributed by atoms with Crippen molar-refractivity contribution in [1.82, 2.24) is 10.2 Å². The fraction of sp³-hybridized carbons (Fsp3) is 0.833. The lowest BCUT2D eigenvalue weighted by Crippen LogP contribution is -2.48. The number of rotatable bonds is 7. The third-order valence-electron chi connectivity index (χ3n) is 2.89. The molecule has 5 heteroatoms. The van der Waals surface area contributed by atoms with Crippen molar-refractivity contribution in [3.63, 3.8) is 0 Å². The van der Waals surface area contributed by atoms with Gasteiger partial charge in [0.05, 0.1) is 0 Å². The molecular formula is C12H22N2O3. The van der Waals surface area contributed by atoms with Crippen LogP contribution in [0, 0.1) is 0 Å². The van der Waals surface area contributed by atoms with Crippen LogP contribution in [-0.2, 0) is 4.79 Å². The Hall–Kier alpha value is -1.26. The van der Waals surface area contributed by atoms with E-state index in [-0.39, 0.29) is 6.03 Å². The molecule has 1 aliphatic rings. The molecule has 0 radical (unpaired) electrons. The quantitative estimate of drug-likeness (QED) is 0.715. The predicted molar refractivity (Wildman–Crippen MR) is 64.9 cm³/mol. The van der Waals surface area contributed by atoms with E-state index in [4.69, 9.17) is 5.11 Å². The van der Waals surface area contributed by atoms with Crippen LogP contribution in [0.4, 0.5) is 4.79 Å². The van der Waals surface area contributed by atoms with Gasteiger partial charge in [-0.05, 0) is 25.7 Å². The number of carbonyl (C=O) groups is 2. The molecule has 1 saturated carbocycles. The lowest BCUT2D eigenvalue weighted by molar-refractivity contribution is -0.139. The first-order valence-electron chi connectivity index (χ1n) is 6.40. The number of nitrogens with zero attached hydrogens (tertiary/aromatic N) is 1. The molecule has 0 spiro atoms. The number of carboxylic acid groups (broad SMARTS) is 1.